The van der Waals surface area contributed by atoms with Crippen LogP contribution in [0.4, 0.5) is 0 Å². The van der Waals surface area contributed by atoms with E-state index >= 15 is 0 Å². The number of piperidine rings is 1. The van der Waals surface area contributed by atoms with Gasteiger partial charge in [0, 0.05) is 43.1 Å². The van der Waals surface area contributed by atoms with Gasteiger partial charge in [0.1, 0.15) is 0 Å². The highest BCUT2D eigenvalue weighted by molar-refractivity contribution is 5.82. The van der Waals surface area contributed by atoms with E-state index in [1.54, 1.807) is 0 Å². The Labute approximate surface area is 262 Å². The standard InChI is InChI=1S/C36H51N3O5/c1-23-32(21-39-30-9-7-6-8-27(30)18-19-31(39)34(42)38-36(3,4)5)43-35(29-16-10-25(11-17-29)20-37-24(2)41)44-33(23)28-14-12-26(22-40)13-15-28/h10-17,23,27,30-33,35,40H,6-9,18-22H2,1-5H3,(H,37,41)(H,38,42)/t23-,27+,30+,31+,32+,33+,35+/m0/s1. The average molecular weight is 606 g/mol. The van der Waals surface area contributed by atoms with E-state index in [-0.39, 0.29) is 48.1 Å². The predicted molar refractivity (Wildman–Crippen MR) is 170 cm³/mol. The number of ether oxygens (including phenoxy) is 2. The minimum Gasteiger partial charge on any atom is -0.392 e. The molecule has 0 unspecified atom stereocenters. The third kappa shape index (κ3) is 7.89. The van der Waals surface area contributed by atoms with Gasteiger partial charge in [-0.25, -0.2) is 0 Å². The SMILES string of the molecule is CC(=O)NCc1ccc([C@@H]2O[C@H](CN3[C@@H](C(=O)NC(C)(C)C)CC[C@H]4CCCC[C@H]43)[C@H](C)[C@H](c3ccc(CO)cc3)O2)cc1. The zero-order valence-corrected chi connectivity index (χ0v) is 27.1. The molecule has 2 heterocycles. The quantitative estimate of drug-likeness (QED) is 0.365. The van der Waals surface area contributed by atoms with Crippen LogP contribution in [-0.2, 0) is 32.2 Å². The number of fused-ring (bicyclic) bond motifs is 1. The predicted octanol–water partition coefficient (Wildman–Crippen LogP) is 5.54. The monoisotopic (exact) mass is 605 g/mol. The molecule has 5 rings (SSSR count). The summed E-state index contributed by atoms with van der Waals surface area (Å²) in [6.07, 6.45) is 5.81. The summed E-state index contributed by atoms with van der Waals surface area (Å²) in [5, 5.41) is 15.7. The van der Waals surface area contributed by atoms with Gasteiger partial charge in [0.2, 0.25) is 11.8 Å². The van der Waals surface area contributed by atoms with E-state index in [9.17, 15) is 14.7 Å². The van der Waals surface area contributed by atoms with Gasteiger partial charge in [0.05, 0.1) is 24.9 Å². The molecule has 1 aliphatic carbocycles. The zero-order chi connectivity index (χ0) is 31.4. The second-order valence-electron chi connectivity index (χ2n) is 14.1. The van der Waals surface area contributed by atoms with Crippen LogP contribution in [0.5, 0.6) is 0 Å². The minimum atomic E-state index is -0.581. The van der Waals surface area contributed by atoms with E-state index < -0.39 is 6.29 Å². The van der Waals surface area contributed by atoms with Crippen molar-refractivity contribution in [1.82, 2.24) is 15.5 Å². The lowest BCUT2D eigenvalue weighted by Gasteiger charge is -2.51. The lowest BCUT2D eigenvalue weighted by Crippen LogP contribution is -2.61. The molecule has 0 bridgehead atoms. The summed E-state index contributed by atoms with van der Waals surface area (Å²) in [4.78, 5) is 27.6. The summed E-state index contributed by atoms with van der Waals surface area (Å²) < 4.78 is 13.5. The van der Waals surface area contributed by atoms with Crippen molar-refractivity contribution in [2.45, 2.75) is 122 Å². The molecule has 3 fully saturated rings. The van der Waals surface area contributed by atoms with Crippen LogP contribution < -0.4 is 10.6 Å². The molecule has 44 heavy (non-hydrogen) atoms. The summed E-state index contributed by atoms with van der Waals surface area (Å²) in [5.74, 6) is 0.697. The highest BCUT2D eigenvalue weighted by Crippen LogP contribution is 2.44. The van der Waals surface area contributed by atoms with Crippen LogP contribution in [-0.4, -0.2) is 52.1 Å². The minimum absolute atomic E-state index is 0.00388. The highest BCUT2D eigenvalue weighted by atomic mass is 16.7. The van der Waals surface area contributed by atoms with E-state index in [1.165, 1.54) is 26.2 Å². The zero-order valence-electron chi connectivity index (χ0n) is 27.1. The first-order valence-corrected chi connectivity index (χ1v) is 16.4. The number of carbonyl (C=O) groups excluding carboxylic acids is 2. The lowest BCUT2D eigenvalue weighted by atomic mass is 9.75. The Kier molecular flexibility index (Phi) is 10.5. The molecular weight excluding hydrogens is 554 g/mol. The van der Waals surface area contributed by atoms with Gasteiger partial charge in [0.15, 0.2) is 6.29 Å². The number of rotatable bonds is 8. The van der Waals surface area contributed by atoms with E-state index in [2.05, 4.69) is 22.5 Å². The maximum atomic E-state index is 13.7. The second-order valence-corrected chi connectivity index (χ2v) is 14.1. The van der Waals surface area contributed by atoms with Crippen LogP contribution in [0.25, 0.3) is 0 Å². The van der Waals surface area contributed by atoms with Crippen molar-refractivity contribution in [3.63, 3.8) is 0 Å². The number of likely N-dealkylation sites (tertiary alicyclic amines) is 1. The van der Waals surface area contributed by atoms with E-state index in [0.29, 0.717) is 25.0 Å². The summed E-state index contributed by atoms with van der Waals surface area (Å²) in [5.41, 5.74) is 3.54. The Morgan fingerprint density at radius 1 is 0.909 bits per heavy atom. The molecule has 2 aromatic carbocycles. The number of hydrogen-bond donors (Lipinski definition) is 3. The van der Waals surface area contributed by atoms with Gasteiger partial charge in [-0.2, -0.15) is 0 Å². The Bertz CT molecular complexity index is 1260. The highest BCUT2D eigenvalue weighted by Gasteiger charge is 2.46. The first-order chi connectivity index (χ1) is 21.0. The average Bonchev–Trinajstić information content (AvgIpc) is 3.00. The second kappa shape index (κ2) is 14.1. The number of benzene rings is 2. The third-order valence-electron chi connectivity index (χ3n) is 9.61. The topological polar surface area (TPSA) is 100 Å². The Morgan fingerprint density at radius 2 is 1.57 bits per heavy atom. The van der Waals surface area contributed by atoms with Crippen LogP contribution in [0.1, 0.15) is 108 Å². The smallest absolute Gasteiger partial charge is 0.237 e. The molecule has 240 valence electrons. The van der Waals surface area contributed by atoms with E-state index in [4.69, 9.17) is 9.47 Å². The molecular formula is C36H51N3O5. The molecule has 8 heteroatoms. The summed E-state index contributed by atoms with van der Waals surface area (Å²) in [6.45, 7) is 11.0. The molecule has 0 radical (unpaired) electrons. The number of aliphatic hydroxyl groups is 1. The van der Waals surface area contributed by atoms with E-state index in [1.807, 2.05) is 69.3 Å². The molecule has 7 atom stereocenters. The summed E-state index contributed by atoms with van der Waals surface area (Å²) in [7, 11) is 0. The lowest BCUT2D eigenvalue weighted by molar-refractivity contribution is -0.278. The fourth-order valence-electron chi connectivity index (χ4n) is 7.28. The maximum absolute atomic E-state index is 13.7. The van der Waals surface area contributed by atoms with Crippen LogP contribution in [0.15, 0.2) is 48.5 Å². The largest absolute Gasteiger partial charge is 0.392 e. The summed E-state index contributed by atoms with van der Waals surface area (Å²) >= 11 is 0. The third-order valence-corrected chi connectivity index (χ3v) is 9.61. The number of amides is 2. The molecule has 8 nitrogen and oxygen atoms in total. The molecule has 3 aliphatic rings. The van der Waals surface area contributed by atoms with Crippen LogP contribution in [0, 0.1) is 11.8 Å². The Hall–Kier alpha value is -2.78. The fraction of sp³-hybridized carbons (Fsp3) is 0.611. The Morgan fingerprint density at radius 3 is 2.23 bits per heavy atom. The first kappa shape index (κ1) is 32.6. The van der Waals surface area contributed by atoms with Crippen LogP contribution in [0.3, 0.4) is 0 Å². The number of carbonyl (C=O) groups is 2. The van der Waals surface area contributed by atoms with Crippen molar-refractivity contribution in [1.29, 1.82) is 0 Å². The number of aliphatic hydroxyl groups excluding tert-OH is 1. The van der Waals surface area contributed by atoms with Gasteiger partial charge in [0.25, 0.3) is 0 Å². The molecule has 3 N–H and O–H groups in total. The van der Waals surface area contributed by atoms with Gasteiger partial charge < -0.3 is 25.2 Å². The fourth-order valence-corrected chi connectivity index (χ4v) is 7.28. The molecule has 2 amide bonds. The van der Waals surface area contributed by atoms with Crippen LogP contribution >= 0.6 is 0 Å². The number of hydrogen-bond acceptors (Lipinski definition) is 6. The molecule has 2 aromatic rings. The van der Waals surface area contributed by atoms with Gasteiger partial charge >= 0.3 is 0 Å². The van der Waals surface area contributed by atoms with Gasteiger partial charge in [-0.05, 0) is 69.1 Å². The molecule has 0 aromatic heterocycles. The number of nitrogens with one attached hydrogen (secondary N) is 2. The normalized spacial score (nSPS) is 29.5. The van der Waals surface area contributed by atoms with Crippen molar-refractivity contribution in [3.05, 3.63) is 70.8 Å². The first-order valence-electron chi connectivity index (χ1n) is 16.4. The van der Waals surface area contributed by atoms with Gasteiger partial charge in [-0.3, -0.25) is 14.5 Å². The maximum Gasteiger partial charge on any atom is 0.237 e. The van der Waals surface area contributed by atoms with Crippen molar-refractivity contribution in [2.24, 2.45) is 11.8 Å². The molecule has 1 saturated carbocycles. The number of nitrogens with zero attached hydrogens (tertiary/aromatic N) is 1. The van der Waals surface area contributed by atoms with Gasteiger partial charge in [-0.15, -0.1) is 0 Å². The van der Waals surface area contributed by atoms with Crippen molar-refractivity contribution >= 4 is 11.8 Å². The van der Waals surface area contributed by atoms with Crippen molar-refractivity contribution in [3.8, 4) is 0 Å². The van der Waals surface area contributed by atoms with E-state index in [0.717, 1.165) is 41.5 Å². The van der Waals surface area contributed by atoms with Crippen molar-refractivity contribution in [2.75, 3.05) is 6.54 Å². The van der Waals surface area contributed by atoms with Crippen LogP contribution in [0.2, 0.25) is 0 Å². The van der Waals surface area contributed by atoms with Gasteiger partial charge in [-0.1, -0.05) is 68.3 Å². The molecule has 2 aliphatic heterocycles. The molecule has 2 saturated heterocycles. The Balaban J connectivity index is 1.44. The van der Waals surface area contributed by atoms with Crippen molar-refractivity contribution < 1.29 is 24.2 Å². The molecule has 0 spiro atoms. The summed E-state index contributed by atoms with van der Waals surface area (Å²) in [6, 6.07) is 16.2.